The third-order valence-electron chi connectivity index (χ3n) is 7.03. The van der Waals surface area contributed by atoms with E-state index in [-0.39, 0.29) is 48.6 Å². The number of carbonyl (C=O) groups is 3. The zero-order valence-corrected chi connectivity index (χ0v) is 21.9. The van der Waals surface area contributed by atoms with E-state index in [1.807, 2.05) is 5.32 Å². The molecule has 1 atom stereocenters. The van der Waals surface area contributed by atoms with Gasteiger partial charge in [-0.15, -0.1) is 0 Å². The quantitative estimate of drug-likeness (QED) is 0.512. The third kappa shape index (κ3) is 4.97. The van der Waals surface area contributed by atoms with Gasteiger partial charge in [0.05, 0.1) is 19.8 Å². The SMILES string of the molecule is COc1ccc(C(=O)NC2(C(F)(F)F)C(=O)N(CCc3ccc(F)cc3)C3=C2C(=O)CC(C)(C)C3)cc1OC. The number of nitrogens with one attached hydrogen (secondary N) is 1. The van der Waals surface area contributed by atoms with Crippen molar-refractivity contribution in [3.63, 3.8) is 0 Å². The van der Waals surface area contributed by atoms with Crippen molar-refractivity contribution in [2.24, 2.45) is 5.41 Å². The van der Waals surface area contributed by atoms with Crippen molar-refractivity contribution in [1.82, 2.24) is 10.2 Å². The molecule has 0 bridgehead atoms. The Morgan fingerprint density at radius 1 is 1.00 bits per heavy atom. The summed E-state index contributed by atoms with van der Waals surface area (Å²) in [6.45, 7) is 3.26. The number of ether oxygens (including phenoxy) is 2. The van der Waals surface area contributed by atoms with Crippen LogP contribution in [0, 0.1) is 11.2 Å². The Morgan fingerprint density at radius 3 is 2.23 bits per heavy atom. The van der Waals surface area contributed by atoms with Crippen LogP contribution in [0.5, 0.6) is 11.5 Å². The second kappa shape index (κ2) is 10.0. The molecule has 2 aliphatic rings. The van der Waals surface area contributed by atoms with E-state index in [1.54, 1.807) is 13.8 Å². The third-order valence-corrected chi connectivity index (χ3v) is 7.03. The van der Waals surface area contributed by atoms with Crippen molar-refractivity contribution in [1.29, 1.82) is 0 Å². The van der Waals surface area contributed by atoms with Gasteiger partial charge in [-0.05, 0) is 54.2 Å². The number of rotatable bonds is 7. The summed E-state index contributed by atoms with van der Waals surface area (Å²) in [5, 5.41) is 1.90. The van der Waals surface area contributed by atoms with E-state index in [2.05, 4.69) is 0 Å². The Hall–Kier alpha value is -3.89. The molecule has 4 rings (SSSR count). The fraction of sp³-hybridized carbons (Fsp3) is 0.393. The molecule has 1 aliphatic heterocycles. The molecule has 11 heteroatoms. The fourth-order valence-electron chi connectivity index (χ4n) is 5.17. The summed E-state index contributed by atoms with van der Waals surface area (Å²) >= 11 is 0. The number of hydrogen-bond donors (Lipinski definition) is 1. The first-order valence-electron chi connectivity index (χ1n) is 12.2. The number of benzene rings is 2. The summed E-state index contributed by atoms with van der Waals surface area (Å²) in [6, 6.07) is 9.12. The van der Waals surface area contributed by atoms with Crippen LogP contribution in [0.1, 0.15) is 42.6 Å². The van der Waals surface area contributed by atoms with E-state index >= 15 is 0 Å². The molecule has 39 heavy (non-hydrogen) atoms. The van der Waals surface area contributed by atoms with Gasteiger partial charge in [0.1, 0.15) is 5.82 Å². The van der Waals surface area contributed by atoms with E-state index in [1.165, 1.54) is 56.7 Å². The molecule has 0 radical (unpaired) electrons. The lowest BCUT2D eigenvalue weighted by molar-refractivity contribution is -0.190. The summed E-state index contributed by atoms with van der Waals surface area (Å²) in [7, 11) is 2.66. The van der Waals surface area contributed by atoms with Crippen LogP contribution in [-0.4, -0.2) is 55.0 Å². The van der Waals surface area contributed by atoms with Crippen LogP contribution in [0.15, 0.2) is 53.7 Å². The van der Waals surface area contributed by atoms with Gasteiger partial charge in [-0.25, -0.2) is 4.39 Å². The van der Waals surface area contributed by atoms with Crippen molar-refractivity contribution in [2.75, 3.05) is 20.8 Å². The number of nitrogens with zero attached hydrogens (tertiary/aromatic N) is 1. The molecule has 7 nitrogen and oxygen atoms in total. The first-order chi connectivity index (χ1) is 18.2. The highest BCUT2D eigenvalue weighted by Gasteiger charge is 2.71. The largest absolute Gasteiger partial charge is 0.493 e. The van der Waals surface area contributed by atoms with Crippen molar-refractivity contribution in [2.45, 2.75) is 44.8 Å². The summed E-state index contributed by atoms with van der Waals surface area (Å²) in [4.78, 5) is 41.2. The lowest BCUT2D eigenvalue weighted by atomic mass is 9.72. The molecule has 0 saturated heterocycles. The van der Waals surface area contributed by atoms with E-state index in [4.69, 9.17) is 9.47 Å². The Kier molecular flexibility index (Phi) is 7.22. The second-order valence-electron chi connectivity index (χ2n) is 10.4. The molecule has 2 aromatic carbocycles. The topological polar surface area (TPSA) is 84.9 Å². The zero-order chi connectivity index (χ0) is 28.8. The summed E-state index contributed by atoms with van der Waals surface area (Å²) in [5.74, 6) is -3.66. The molecular formula is C28H28F4N2O5. The van der Waals surface area contributed by atoms with Crippen molar-refractivity contribution < 1.29 is 41.4 Å². The van der Waals surface area contributed by atoms with Crippen LogP contribution in [0.25, 0.3) is 0 Å². The van der Waals surface area contributed by atoms with E-state index in [0.717, 1.165) is 4.90 Å². The van der Waals surface area contributed by atoms with Gasteiger partial charge in [-0.2, -0.15) is 13.2 Å². The van der Waals surface area contributed by atoms with Gasteiger partial charge in [0.2, 0.25) is 5.54 Å². The molecule has 1 heterocycles. The van der Waals surface area contributed by atoms with Gasteiger partial charge in [0.25, 0.3) is 11.8 Å². The molecule has 0 spiro atoms. The minimum Gasteiger partial charge on any atom is -0.493 e. The summed E-state index contributed by atoms with van der Waals surface area (Å²) < 4.78 is 68.6. The summed E-state index contributed by atoms with van der Waals surface area (Å²) in [5.41, 5.74) is -4.73. The monoisotopic (exact) mass is 548 g/mol. The minimum atomic E-state index is -5.33. The highest BCUT2D eigenvalue weighted by atomic mass is 19.4. The van der Waals surface area contributed by atoms with Crippen molar-refractivity contribution in [3.05, 3.63) is 70.7 Å². The van der Waals surface area contributed by atoms with Gasteiger partial charge in [0.15, 0.2) is 17.3 Å². The van der Waals surface area contributed by atoms with Crippen molar-refractivity contribution in [3.8, 4) is 11.5 Å². The molecular weight excluding hydrogens is 520 g/mol. The van der Waals surface area contributed by atoms with Crippen LogP contribution in [0.3, 0.4) is 0 Å². The first-order valence-corrected chi connectivity index (χ1v) is 12.2. The Balaban J connectivity index is 1.79. The van der Waals surface area contributed by atoms with Crippen LogP contribution in [-0.2, 0) is 16.0 Å². The molecule has 208 valence electrons. The zero-order valence-electron chi connectivity index (χ0n) is 21.9. The Labute approximate surface area is 222 Å². The maximum Gasteiger partial charge on any atom is 0.425 e. The molecule has 0 saturated carbocycles. The fourth-order valence-corrected chi connectivity index (χ4v) is 5.17. The van der Waals surface area contributed by atoms with Gasteiger partial charge < -0.3 is 19.7 Å². The average molecular weight is 549 g/mol. The maximum absolute atomic E-state index is 15.0. The number of halogens is 4. The first kappa shape index (κ1) is 28.1. The smallest absolute Gasteiger partial charge is 0.425 e. The number of Topliss-reactive ketones (excluding diaryl/α,β-unsaturated/α-hetero) is 1. The van der Waals surface area contributed by atoms with E-state index in [9.17, 15) is 31.9 Å². The number of alkyl halides is 3. The standard InChI is InChI=1S/C28H28F4N2O5/c1-26(2)14-19-23(20(35)15-26)27(28(30,31)32,25(37)34(19)12-11-16-5-8-18(29)9-6-16)33-24(36)17-7-10-21(38-3)22(13-17)39-4/h5-10,13H,11-12,14-15H2,1-4H3,(H,33,36). The van der Waals surface area contributed by atoms with Gasteiger partial charge >= 0.3 is 6.18 Å². The number of allylic oxidation sites excluding steroid dienone is 1. The lowest BCUT2D eigenvalue weighted by Crippen LogP contribution is -2.66. The predicted octanol–water partition coefficient (Wildman–Crippen LogP) is 4.60. The molecule has 1 unspecified atom stereocenters. The Bertz CT molecular complexity index is 1350. The second-order valence-corrected chi connectivity index (χ2v) is 10.4. The van der Waals surface area contributed by atoms with E-state index < -0.39 is 46.1 Å². The van der Waals surface area contributed by atoms with Crippen molar-refractivity contribution >= 4 is 17.6 Å². The molecule has 2 amide bonds. The van der Waals surface area contributed by atoms with Gasteiger partial charge in [-0.3, -0.25) is 14.4 Å². The maximum atomic E-state index is 15.0. The highest BCUT2D eigenvalue weighted by Crippen LogP contribution is 2.51. The number of amides is 2. The lowest BCUT2D eigenvalue weighted by Gasteiger charge is -2.35. The van der Waals surface area contributed by atoms with Crippen LogP contribution in [0.4, 0.5) is 17.6 Å². The predicted molar refractivity (Wildman–Crippen MR) is 133 cm³/mol. The number of ketones is 1. The molecule has 2 aromatic rings. The highest BCUT2D eigenvalue weighted by molar-refractivity contribution is 6.14. The van der Waals surface area contributed by atoms with Crippen LogP contribution in [0.2, 0.25) is 0 Å². The Morgan fingerprint density at radius 2 is 1.64 bits per heavy atom. The number of hydrogen-bond acceptors (Lipinski definition) is 5. The molecule has 0 fully saturated rings. The number of carbonyl (C=O) groups excluding carboxylic acids is 3. The molecule has 1 aliphatic carbocycles. The van der Waals surface area contributed by atoms with Gasteiger partial charge in [0, 0.05) is 24.2 Å². The normalized spacial score (nSPS) is 20.7. The molecule has 0 aromatic heterocycles. The van der Waals surface area contributed by atoms with E-state index in [0.29, 0.717) is 5.56 Å². The number of methoxy groups -OCH3 is 2. The minimum absolute atomic E-state index is 0.0211. The van der Waals surface area contributed by atoms with Crippen LogP contribution < -0.4 is 14.8 Å². The van der Waals surface area contributed by atoms with Crippen LogP contribution >= 0.6 is 0 Å². The van der Waals surface area contributed by atoms with Gasteiger partial charge in [-0.1, -0.05) is 26.0 Å². The molecule has 1 N–H and O–H groups in total. The average Bonchev–Trinajstić information content (AvgIpc) is 3.10. The summed E-state index contributed by atoms with van der Waals surface area (Å²) in [6.07, 6.45) is -5.43.